The summed E-state index contributed by atoms with van der Waals surface area (Å²) in [6, 6.07) is 5.81. The molecule has 0 saturated carbocycles. The van der Waals surface area contributed by atoms with Gasteiger partial charge in [0.05, 0.1) is 4.88 Å². The van der Waals surface area contributed by atoms with Crippen molar-refractivity contribution in [2.24, 2.45) is 0 Å². The molecule has 1 N–H and O–H groups in total. The summed E-state index contributed by atoms with van der Waals surface area (Å²) in [5.41, 5.74) is 1.08. The Bertz CT molecular complexity index is 960. The highest BCUT2D eigenvalue weighted by molar-refractivity contribution is 7.18. The molecule has 4 rings (SSSR count). The fourth-order valence-corrected chi connectivity index (χ4v) is 3.73. The Morgan fingerprint density at radius 3 is 2.79 bits per heavy atom. The highest BCUT2D eigenvalue weighted by Crippen LogP contribution is 2.30. The maximum Gasteiger partial charge on any atom is 0.188 e. The van der Waals surface area contributed by atoms with E-state index in [-0.39, 0.29) is 6.67 Å². The lowest BCUT2D eigenvalue weighted by Gasteiger charge is -2.30. The molecule has 144 valence electrons. The van der Waals surface area contributed by atoms with E-state index in [9.17, 15) is 4.39 Å². The maximum atomic E-state index is 12.5. The molecule has 0 bridgehead atoms. The van der Waals surface area contributed by atoms with Gasteiger partial charge in [-0.3, -0.25) is 4.98 Å². The predicted molar refractivity (Wildman–Crippen MR) is 109 cm³/mol. The average Bonchev–Trinajstić information content (AvgIpc) is 3.17. The molecule has 9 heteroatoms. The van der Waals surface area contributed by atoms with Gasteiger partial charge in [-0.05, 0) is 24.6 Å². The van der Waals surface area contributed by atoms with Gasteiger partial charge >= 0.3 is 0 Å². The number of aromatic nitrogens is 4. The zero-order chi connectivity index (χ0) is 19.3. The molecule has 0 amide bonds. The summed E-state index contributed by atoms with van der Waals surface area (Å²) in [6.07, 6.45) is 9.20. The van der Waals surface area contributed by atoms with Gasteiger partial charge in [-0.2, -0.15) is 0 Å². The van der Waals surface area contributed by atoms with Crippen molar-refractivity contribution < 1.29 is 4.39 Å². The predicted octanol–water partition coefficient (Wildman–Crippen LogP) is 3.61. The molecule has 0 spiro atoms. The number of anilines is 3. The second-order valence-electron chi connectivity index (χ2n) is 6.27. The van der Waals surface area contributed by atoms with Crippen molar-refractivity contribution in [3.63, 3.8) is 0 Å². The number of hydrogen-bond acceptors (Lipinski definition) is 8. The summed E-state index contributed by atoms with van der Waals surface area (Å²) in [4.78, 5) is 22.6. The van der Waals surface area contributed by atoms with Crippen LogP contribution in [0.5, 0.6) is 0 Å². The minimum absolute atomic E-state index is 0.347. The Labute approximate surface area is 166 Å². The van der Waals surface area contributed by atoms with Crippen molar-refractivity contribution in [1.29, 1.82) is 0 Å². The number of nitrogens with zero attached hydrogens (tertiary/aromatic N) is 6. The van der Waals surface area contributed by atoms with Crippen LogP contribution in [0, 0.1) is 6.92 Å². The summed E-state index contributed by atoms with van der Waals surface area (Å²) in [5.74, 6) is 2.17. The van der Waals surface area contributed by atoms with Gasteiger partial charge in [0.25, 0.3) is 0 Å². The highest BCUT2D eigenvalue weighted by Gasteiger charge is 2.14. The lowest BCUT2D eigenvalue weighted by Crippen LogP contribution is -2.36. The molecule has 0 atom stereocenters. The van der Waals surface area contributed by atoms with Gasteiger partial charge in [0, 0.05) is 56.7 Å². The number of aryl methyl sites for hydroxylation is 1. The molecular formula is C19H20FN7S. The molecule has 0 fully saturated rings. The van der Waals surface area contributed by atoms with Crippen LogP contribution in [0.25, 0.3) is 10.4 Å². The normalized spacial score (nSPS) is 13.8. The number of halogens is 1. The van der Waals surface area contributed by atoms with Gasteiger partial charge in [-0.15, -0.1) is 0 Å². The van der Waals surface area contributed by atoms with Crippen LogP contribution < -0.4 is 10.2 Å². The number of alkyl halides is 1. The van der Waals surface area contributed by atoms with Crippen LogP contribution in [0.2, 0.25) is 0 Å². The van der Waals surface area contributed by atoms with Crippen LogP contribution in [0.4, 0.5) is 21.2 Å². The zero-order valence-electron chi connectivity index (χ0n) is 15.4. The molecule has 0 radical (unpaired) electrons. The van der Waals surface area contributed by atoms with Crippen molar-refractivity contribution in [2.75, 3.05) is 36.5 Å². The highest BCUT2D eigenvalue weighted by atomic mass is 32.1. The number of pyridine rings is 1. The summed E-state index contributed by atoms with van der Waals surface area (Å²) in [5, 5.41) is 4.04. The first-order valence-corrected chi connectivity index (χ1v) is 9.77. The zero-order valence-corrected chi connectivity index (χ0v) is 16.2. The van der Waals surface area contributed by atoms with Gasteiger partial charge in [0.2, 0.25) is 0 Å². The van der Waals surface area contributed by atoms with E-state index in [1.165, 1.54) is 0 Å². The lowest BCUT2D eigenvalue weighted by atomic mass is 10.2. The lowest BCUT2D eigenvalue weighted by molar-refractivity contribution is 0.322. The van der Waals surface area contributed by atoms with Crippen LogP contribution in [0.15, 0.2) is 49.2 Å². The number of thiazole rings is 1. The van der Waals surface area contributed by atoms with Gasteiger partial charge in [0.15, 0.2) is 5.13 Å². The molecular weight excluding hydrogens is 377 g/mol. The molecule has 0 unspecified atom stereocenters. The third-order valence-electron chi connectivity index (χ3n) is 4.28. The first kappa shape index (κ1) is 18.3. The van der Waals surface area contributed by atoms with Crippen molar-refractivity contribution in [2.45, 2.75) is 6.92 Å². The summed E-state index contributed by atoms with van der Waals surface area (Å²) >= 11 is 1.55. The number of hydrogen-bond donors (Lipinski definition) is 1. The van der Waals surface area contributed by atoms with Crippen molar-refractivity contribution in [1.82, 2.24) is 24.8 Å². The third-order valence-corrected chi connectivity index (χ3v) is 5.24. The molecule has 0 aliphatic carbocycles. The smallest absolute Gasteiger partial charge is 0.188 e. The third kappa shape index (κ3) is 4.25. The van der Waals surface area contributed by atoms with Crippen molar-refractivity contribution in [3.8, 4) is 10.4 Å². The fourth-order valence-electron chi connectivity index (χ4n) is 2.90. The Kier molecular flexibility index (Phi) is 5.43. The van der Waals surface area contributed by atoms with E-state index < -0.39 is 0 Å². The van der Waals surface area contributed by atoms with E-state index in [2.05, 4.69) is 25.3 Å². The van der Waals surface area contributed by atoms with Crippen LogP contribution in [-0.2, 0) is 0 Å². The SMILES string of the molecule is Cc1nc(Nc2ncc(-c3ccncc3)s2)cc(N2C=CN(CCF)CC2)n1. The van der Waals surface area contributed by atoms with E-state index in [1.54, 1.807) is 23.7 Å². The summed E-state index contributed by atoms with van der Waals surface area (Å²) < 4.78 is 12.5. The van der Waals surface area contributed by atoms with Gasteiger partial charge in [-0.1, -0.05) is 11.3 Å². The summed E-state index contributed by atoms with van der Waals surface area (Å²) in [7, 11) is 0. The average molecular weight is 397 g/mol. The molecule has 7 nitrogen and oxygen atoms in total. The minimum Gasteiger partial charge on any atom is -0.372 e. The largest absolute Gasteiger partial charge is 0.372 e. The molecule has 4 heterocycles. The Morgan fingerprint density at radius 2 is 2.04 bits per heavy atom. The second kappa shape index (κ2) is 8.30. The maximum absolute atomic E-state index is 12.5. The van der Waals surface area contributed by atoms with Crippen molar-refractivity contribution in [3.05, 3.63) is 55.0 Å². The van der Waals surface area contributed by atoms with Gasteiger partial charge in [0.1, 0.15) is 24.1 Å². The fraction of sp³-hybridized carbons (Fsp3) is 0.263. The Morgan fingerprint density at radius 1 is 1.18 bits per heavy atom. The van der Waals surface area contributed by atoms with E-state index >= 15 is 0 Å². The van der Waals surface area contributed by atoms with Crippen LogP contribution in [0.1, 0.15) is 5.82 Å². The second-order valence-corrected chi connectivity index (χ2v) is 7.30. The molecule has 0 saturated heterocycles. The van der Waals surface area contributed by atoms with Gasteiger partial charge < -0.3 is 15.1 Å². The minimum atomic E-state index is -0.347. The van der Waals surface area contributed by atoms with Crippen molar-refractivity contribution >= 4 is 28.1 Å². The molecule has 3 aromatic rings. The van der Waals surface area contributed by atoms with Crippen LogP contribution in [0.3, 0.4) is 0 Å². The summed E-state index contributed by atoms with van der Waals surface area (Å²) in [6.45, 7) is 3.44. The number of rotatable bonds is 6. The Hall–Kier alpha value is -3.07. The monoisotopic (exact) mass is 397 g/mol. The van der Waals surface area contributed by atoms with Gasteiger partial charge in [-0.25, -0.2) is 19.3 Å². The molecule has 1 aliphatic heterocycles. The number of nitrogens with one attached hydrogen (secondary N) is 1. The van der Waals surface area contributed by atoms with Crippen LogP contribution in [-0.4, -0.2) is 51.1 Å². The molecule has 0 aromatic carbocycles. The van der Waals surface area contributed by atoms with E-state index in [1.807, 2.05) is 53.5 Å². The first-order chi connectivity index (χ1) is 13.7. The molecule has 3 aromatic heterocycles. The standard InChI is InChI=1S/C19H20FN7S/c1-14-23-17(12-18(24-14)27-10-8-26(7-4-20)9-11-27)25-19-22-13-16(28-19)15-2-5-21-6-3-15/h2-3,5-6,8,10,12-13H,4,7,9,11H2,1H3,(H,22,23,24,25). The van der Waals surface area contributed by atoms with Crippen LogP contribution >= 0.6 is 11.3 Å². The molecule has 28 heavy (non-hydrogen) atoms. The van der Waals surface area contributed by atoms with E-state index in [0.717, 1.165) is 34.5 Å². The first-order valence-electron chi connectivity index (χ1n) is 8.95. The Balaban J connectivity index is 1.50. The molecule has 1 aliphatic rings. The quantitative estimate of drug-likeness (QED) is 0.681. The topological polar surface area (TPSA) is 70.1 Å². The van der Waals surface area contributed by atoms with E-state index in [4.69, 9.17) is 0 Å². The van der Waals surface area contributed by atoms with E-state index in [0.29, 0.717) is 18.2 Å².